The normalized spacial score (nSPS) is 13.3. The first-order valence-corrected chi connectivity index (χ1v) is 7.77. The monoisotopic (exact) mass is 279 g/mol. The van der Waals surface area contributed by atoms with Gasteiger partial charge in [-0.25, -0.2) is 0 Å². The maximum absolute atomic E-state index is 12.3. The zero-order valence-corrected chi connectivity index (χ0v) is 12.3. The average molecular weight is 279 g/mol. The van der Waals surface area contributed by atoms with E-state index in [0.717, 1.165) is 37.8 Å². The number of fused-ring (bicyclic) bond motifs is 1. The van der Waals surface area contributed by atoms with E-state index in [9.17, 15) is 4.79 Å². The van der Waals surface area contributed by atoms with Crippen LogP contribution in [0.2, 0.25) is 0 Å². The molecule has 0 amide bonds. The maximum atomic E-state index is 12.3. The number of hydrogen-bond donors (Lipinski definition) is 1. The maximum Gasteiger partial charge on any atom is 0.162 e. The molecule has 2 aromatic carbocycles. The Morgan fingerprint density at radius 3 is 2.81 bits per heavy atom. The van der Waals surface area contributed by atoms with Crippen LogP contribution in [0.5, 0.6) is 0 Å². The fraction of sp³-hybridized carbons (Fsp3) is 0.316. The minimum absolute atomic E-state index is 0.263. The van der Waals surface area contributed by atoms with E-state index in [4.69, 9.17) is 0 Å². The van der Waals surface area contributed by atoms with Crippen LogP contribution in [0.15, 0.2) is 48.5 Å². The van der Waals surface area contributed by atoms with E-state index >= 15 is 0 Å². The SMILES string of the molecule is O=C(CCCc1ccccc1)c1ccc2c(c1)CCCN2. The summed E-state index contributed by atoms with van der Waals surface area (Å²) >= 11 is 0. The fourth-order valence-corrected chi connectivity index (χ4v) is 2.89. The molecule has 0 saturated heterocycles. The molecule has 0 unspecified atom stereocenters. The van der Waals surface area contributed by atoms with Crippen LogP contribution in [0, 0.1) is 0 Å². The molecule has 3 rings (SSSR count). The summed E-state index contributed by atoms with van der Waals surface area (Å²) in [6, 6.07) is 16.5. The predicted octanol–water partition coefficient (Wildman–Crippen LogP) is 4.25. The number of ketones is 1. The van der Waals surface area contributed by atoms with Gasteiger partial charge in [0.1, 0.15) is 0 Å². The third-order valence-corrected chi connectivity index (χ3v) is 4.08. The molecule has 2 heteroatoms. The molecule has 1 aliphatic heterocycles. The standard InChI is InChI=1S/C19H21NO/c21-19(10-4-8-15-6-2-1-3-7-15)17-11-12-18-16(14-17)9-5-13-20-18/h1-3,6-7,11-12,14,20H,4-5,8-10,13H2. The number of benzene rings is 2. The lowest BCUT2D eigenvalue weighted by Gasteiger charge is -2.18. The van der Waals surface area contributed by atoms with Crippen LogP contribution in [0.1, 0.15) is 40.7 Å². The summed E-state index contributed by atoms with van der Waals surface area (Å²) in [5.41, 5.74) is 4.66. The Labute approximate surface area is 126 Å². The Bertz CT molecular complexity index is 619. The molecule has 0 bridgehead atoms. The van der Waals surface area contributed by atoms with Crippen LogP contribution in [0.25, 0.3) is 0 Å². The lowest BCUT2D eigenvalue weighted by Crippen LogP contribution is -2.12. The van der Waals surface area contributed by atoms with Crippen LogP contribution in [0.4, 0.5) is 5.69 Å². The van der Waals surface area contributed by atoms with Gasteiger partial charge in [0.05, 0.1) is 0 Å². The van der Waals surface area contributed by atoms with Gasteiger partial charge in [0.2, 0.25) is 0 Å². The highest BCUT2D eigenvalue weighted by Gasteiger charge is 2.12. The van der Waals surface area contributed by atoms with Crippen molar-refractivity contribution in [2.24, 2.45) is 0 Å². The Morgan fingerprint density at radius 2 is 1.95 bits per heavy atom. The van der Waals surface area contributed by atoms with Gasteiger partial charge in [0.25, 0.3) is 0 Å². The Morgan fingerprint density at radius 1 is 1.10 bits per heavy atom. The topological polar surface area (TPSA) is 29.1 Å². The van der Waals surface area contributed by atoms with E-state index in [-0.39, 0.29) is 5.78 Å². The van der Waals surface area contributed by atoms with E-state index in [1.54, 1.807) is 0 Å². The fourth-order valence-electron chi connectivity index (χ4n) is 2.89. The van der Waals surface area contributed by atoms with Crippen LogP contribution < -0.4 is 5.32 Å². The van der Waals surface area contributed by atoms with Crippen molar-refractivity contribution in [3.05, 3.63) is 65.2 Å². The first-order chi connectivity index (χ1) is 10.3. The number of aryl methyl sites for hydroxylation is 2. The third kappa shape index (κ3) is 3.52. The highest BCUT2D eigenvalue weighted by Crippen LogP contribution is 2.23. The summed E-state index contributed by atoms with van der Waals surface area (Å²) in [6.07, 6.45) is 4.74. The van der Waals surface area contributed by atoms with Crippen LogP contribution in [-0.2, 0) is 12.8 Å². The van der Waals surface area contributed by atoms with Gasteiger partial charge in [-0.15, -0.1) is 0 Å². The van der Waals surface area contributed by atoms with Gasteiger partial charge >= 0.3 is 0 Å². The van der Waals surface area contributed by atoms with Crippen molar-refractivity contribution in [1.82, 2.24) is 0 Å². The van der Waals surface area contributed by atoms with Crippen LogP contribution in [0.3, 0.4) is 0 Å². The lowest BCUT2D eigenvalue weighted by atomic mass is 9.97. The largest absolute Gasteiger partial charge is 0.385 e. The van der Waals surface area contributed by atoms with Crippen LogP contribution in [-0.4, -0.2) is 12.3 Å². The molecule has 0 fully saturated rings. The first-order valence-electron chi connectivity index (χ1n) is 7.77. The molecule has 0 atom stereocenters. The molecule has 2 aromatic rings. The Kier molecular flexibility index (Phi) is 4.34. The number of hydrogen-bond acceptors (Lipinski definition) is 2. The summed E-state index contributed by atoms with van der Waals surface area (Å²) < 4.78 is 0. The van der Waals surface area contributed by atoms with Gasteiger partial charge in [0, 0.05) is 24.2 Å². The molecule has 1 aliphatic rings. The van der Waals surface area contributed by atoms with Crippen molar-refractivity contribution >= 4 is 11.5 Å². The zero-order valence-electron chi connectivity index (χ0n) is 12.3. The van der Waals surface area contributed by atoms with Crippen molar-refractivity contribution in [3.63, 3.8) is 0 Å². The number of Topliss-reactive ketones (excluding diaryl/α,β-unsaturated/α-hetero) is 1. The molecule has 0 aliphatic carbocycles. The molecular weight excluding hydrogens is 258 g/mol. The molecule has 21 heavy (non-hydrogen) atoms. The van der Waals surface area contributed by atoms with E-state index in [0.29, 0.717) is 6.42 Å². The summed E-state index contributed by atoms with van der Waals surface area (Å²) in [4.78, 5) is 12.3. The molecular formula is C19H21NO. The summed E-state index contributed by atoms with van der Waals surface area (Å²) in [6.45, 7) is 1.04. The number of anilines is 1. The van der Waals surface area contributed by atoms with E-state index in [2.05, 4.69) is 29.6 Å². The highest BCUT2D eigenvalue weighted by molar-refractivity contribution is 5.96. The smallest absolute Gasteiger partial charge is 0.162 e. The summed E-state index contributed by atoms with van der Waals surface area (Å²) in [5.74, 6) is 0.263. The molecule has 108 valence electrons. The van der Waals surface area contributed by atoms with Crippen molar-refractivity contribution in [2.45, 2.75) is 32.1 Å². The van der Waals surface area contributed by atoms with Gasteiger partial charge in [-0.3, -0.25) is 4.79 Å². The quantitative estimate of drug-likeness (QED) is 0.829. The van der Waals surface area contributed by atoms with Gasteiger partial charge in [0.15, 0.2) is 5.78 Å². The lowest BCUT2D eigenvalue weighted by molar-refractivity contribution is 0.0980. The first kappa shape index (κ1) is 13.9. The van der Waals surface area contributed by atoms with E-state index in [1.807, 2.05) is 24.3 Å². The Balaban J connectivity index is 1.58. The molecule has 0 spiro atoms. The third-order valence-electron chi connectivity index (χ3n) is 4.08. The second-order valence-corrected chi connectivity index (χ2v) is 5.66. The Hall–Kier alpha value is -2.09. The van der Waals surface area contributed by atoms with E-state index < -0.39 is 0 Å². The number of nitrogens with one attached hydrogen (secondary N) is 1. The summed E-state index contributed by atoms with van der Waals surface area (Å²) in [7, 11) is 0. The van der Waals surface area contributed by atoms with Gasteiger partial charge in [-0.2, -0.15) is 0 Å². The van der Waals surface area contributed by atoms with Gasteiger partial charge in [-0.05, 0) is 55.0 Å². The number of carbonyl (C=O) groups excluding carboxylic acids is 1. The predicted molar refractivity (Wildman–Crippen MR) is 87.0 cm³/mol. The van der Waals surface area contributed by atoms with Crippen molar-refractivity contribution < 1.29 is 4.79 Å². The van der Waals surface area contributed by atoms with Crippen molar-refractivity contribution in [3.8, 4) is 0 Å². The summed E-state index contributed by atoms with van der Waals surface area (Å²) in [5, 5.41) is 3.38. The second-order valence-electron chi connectivity index (χ2n) is 5.66. The van der Waals surface area contributed by atoms with Crippen LogP contribution >= 0.6 is 0 Å². The van der Waals surface area contributed by atoms with Crippen molar-refractivity contribution in [1.29, 1.82) is 0 Å². The molecule has 0 aromatic heterocycles. The number of carbonyl (C=O) groups is 1. The minimum atomic E-state index is 0.263. The molecule has 0 radical (unpaired) electrons. The molecule has 1 N–H and O–H groups in total. The second kappa shape index (κ2) is 6.57. The van der Waals surface area contributed by atoms with Gasteiger partial charge in [-0.1, -0.05) is 30.3 Å². The molecule has 1 heterocycles. The average Bonchev–Trinajstić information content (AvgIpc) is 2.55. The van der Waals surface area contributed by atoms with Crippen molar-refractivity contribution in [2.75, 3.05) is 11.9 Å². The molecule has 2 nitrogen and oxygen atoms in total. The zero-order chi connectivity index (χ0) is 14.5. The van der Waals surface area contributed by atoms with Gasteiger partial charge < -0.3 is 5.32 Å². The minimum Gasteiger partial charge on any atom is -0.385 e. The number of rotatable bonds is 5. The van der Waals surface area contributed by atoms with E-state index in [1.165, 1.54) is 16.8 Å². The highest BCUT2D eigenvalue weighted by atomic mass is 16.1. The molecule has 0 saturated carbocycles.